The lowest BCUT2D eigenvalue weighted by Crippen LogP contribution is -2.25. The van der Waals surface area contributed by atoms with Crippen molar-refractivity contribution in [3.63, 3.8) is 0 Å². The zero-order chi connectivity index (χ0) is 18.5. The summed E-state index contributed by atoms with van der Waals surface area (Å²) < 4.78 is 10.4. The molecule has 2 heterocycles. The third-order valence-corrected chi connectivity index (χ3v) is 4.60. The predicted octanol–water partition coefficient (Wildman–Crippen LogP) is 2.78. The first-order valence-electron chi connectivity index (χ1n) is 9.01. The topological polar surface area (TPSA) is 83.7 Å². The molecule has 0 spiro atoms. The third kappa shape index (κ3) is 3.99. The number of esters is 1. The molecular weight excluding hydrogens is 334 g/mol. The molecule has 1 aromatic heterocycles. The Kier molecular flexibility index (Phi) is 5.78. The van der Waals surface area contributed by atoms with E-state index in [2.05, 4.69) is 15.2 Å². The molecular formula is C19H25N3O4. The molecule has 0 atom stereocenters. The van der Waals surface area contributed by atoms with Gasteiger partial charge in [0.05, 0.1) is 19.4 Å². The molecule has 7 heteroatoms. The van der Waals surface area contributed by atoms with E-state index in [1.807, 2.05) is 6.07 Å². The van der Waals surface area contributed by atoms with Gasteiger partial charge in [-0.3, -0.25) is 4.79 Å². The van der Waals surface area contributed by atoms with Gasteiger partial charge in [0.25, 0.3) is 0 Å². The molecule has 1 amide bonds. The largest absolute Gasteiger partial charge is 0.497 e. The first-order chi connectivity index (χ1) is 12.6. The second kappa shape index (κ2) is 8.23. The summed E-state index contributed by atoms with van der Waals surface area (Å²) in [6.45, 7) is 4.83. The van der Waals surface area contributed by atoms with Gasteiger partial charge in [-0.2, -0.15) is 0 Å². The van der Waals surface area contributed by atoms with Crippen molar-refractivity contribution in [3.05, 3.63) is 23.9 Å². The summed E-state index contributed by atoms with van der Waals surface area (Å²) in [5.74, 6) is 0.0446. The molecule has 1 fully saturated rings. The highest BCUT2D eigenvalue weighted by molar-refractivity contribution is 6.11. The fourth-order valence-electron chi connectivity index (χ4n) is 3.25. The lowest BCUT2D eigenvalue weighted by atomic mass is 10.2. The van der Waals surface area contributed by atoms with Crippen LogP contribution in [0.25, 0.3) is 10.9 Å². The number of carbonyl (C=O) groups excluding carboxylic acids is 2. The van der Waals surface area contributed by atoms with Gasteiger partial charge in [0.1, 0.15) is 11.4 Å². The minimum absolute atomic E-state index is 0.119. The Bertz CT molecular complexity index is 793. The van der Waals surface area contributed by atoms with Crippen molar-refractivity contribution in [1.82, 2.24) is 9.88 Å². The SMILES string of the molecule is CCOC(=O)c1[nH]c2ccc(OC)cc2c1NC(=O)CCN1CCCC1. The zero-order valence-corrected chi connectivity index (χ0v) is 15.3. The number of nitrogens with one attached hydrogen (secondary N) is 2. The Hall–Kier alpha value is -2.54. The summed E-state index contributed by atoms with van der Waals surface area (Å²) in [5.41, 5.74) is 1.44. The van der Waals surface area contributed by atoms with Crippen molar-refractivity contribution in [2.24, 2.45) is 0 Å². The highest BCUT2D eigenvalue weighted by Gasteiger charge is 2.21. The van der Waals surface area contributed by atoms with Crippen LogP contribution >= 0.6 is 0 Å². The summed E-state index contributed by atoms with van der Waals surface area (Å²) in [4.78, 5) is 30.1. The monoisotopic (exact) mass is 359 g/mol. The van der Waals surface area contributed by atoms with Gasteiger partial charge < -0.3 is 24.7 Å². The molecule has 2 aromatic rings. The number of aromatic amines is 1. The minimum Gasteiger partial charge on any atom is -0.497 e. The zero-order valence-electron chi connectivity index (χ0n) is 15.3. The van der Waals surface area contributed by atoms with Crippen LogP contribution in [0.15, 0.2) is 18.2 Å². The maximum Gasteiger partial charge on any atom is 0.356 e. The van der Waals surface area contributed by atoms with E-state index in [9.17, 15) is 9.59 Å². The summed E-state index contributed by atoms with van der Waals surface area (Å²) in [6, 6.07) is 5.41. The van der Waals surface area contributed by atoms with Crippen molar-refractivity contribution in [3.8, 4) is 5.75 Å². The maximum atomic E-state index is 12.5. The molecule has 1 aliphatic heterocycles. The number of anilines is 1. The molecule has 0 bridgehead atoms. The van der Waals surface area contributed by atoms with Gasteiger partial charge in [0.2, 0.25) is 5.91 Å². The Labute approximate surface area is 152 Å². The number of nitrogens with zero attached hydrogens (tertiary/aromatic N) is 1. The van der Waals surface area contributed by atoms with Crippen LogP contribution in [0.1, 0.15) is 36.7 Å². The van der Waals surface area contributed by atoms with E-state index in [4.69, 9.17) is 9.47 Å². The highest BCUT2D eigenvalue weighted by Crippen LogP contribution is 2.31. The molecule has 7 nitrogen and oxygen atoms in total. The summed E-state index contributed by atoms with van der Waals surface area (Å²) in [6.07, 6.45) is 2.77. The van der Waals surface area contributed by atoms with Gasteiger partial charge in [0.15, 0.2) is 0 Å². The second-order valence-corrected chi connectivity index (χ2v) is 6.35. The van der Waals surface area contributed by atoms with E-state index in [-0.39, 0.29) is 18.2 Å². The number of hydrogen-bond acceptors (Lipinski definition) is 5. The number of likely N-dealkylation sites (tertiary alicyclic amines) is 1. The number of amides is 1. The van der Waals surface area contributed by atoms with Crippen LogP contribution in [0.2, 0.25) is 0 Å². The van der Waals surface area contributed by atoms with Crippen LogP contribution < -0.4 is 10.1 Å². The van der Waals surface area contributed by atoms with Crippen LogP contribution in [-0.4, -0.2) is 55.1 Å². The van der Waals surface area contributed by atoms with E-state index in [0.717, 1.165) is 30.5 Å². The Morgan fingerprint density at radius 3 is 2.73 bits per heavy atom. The molecule has 1 aromatic carbocycles. The van der Waals surface area contributed by atoms with Gasteiger partial charge in [-0.05, 0) is 51.1 Å². The molecule has 0 aliphatic carbocycles. The molecule has 1 saturated heterocycles. The number of rotatable bonds is 7. The molecule has 1 aliphatic rings. The highest BCUT2D eigenvalue weighted by atomic mass is 16.5. The smallest absolute Gasteiger partial charge is 0.356 e. The Morgan fingerprint density at radius 1 is 1.27 bits per heavy atom. The average molecular weight is 359 g/mol. The van der Waals surface area contributed by atoms with Crippen molar-refractivity contribution < 1.29 is 19.1 Å². The summed E-state index contributed by atoms with van der Waals surface area (Å²) in [5, 5.41) is 3.62. The second-order valence-electron chi connectivity index (χ2n) is 6.35. The minimum atomic E-state index is -0.488. The Morgan fingerprint density at radius 2 is 2.04 bits per heavy atom. The van der Waals surface area contributed by atoms with Gasteiger partial charge in [0, 0.05) is 23.9 Å². The predicted molar refractivity (Wildman–Crippen MR) is 99.7 cm³/mol. The molecule has 0 radical (unpaired) electrons. The number of H-pyrrole nitrogens is 1. The van der Waals surface area contributed by atoms with E-state index in [0.29, 0.717) is 17.9 Å². The van der Waals surface area contributed by atoms with Crippen LogP contribution in [-0.2, 0) is 9.53 Å². The summed E-state index contributed by atoms with van der Waals surface area (Å²) in [7, 11) is 1.58. The molecule has 0 unspecified atom stereocenters. The first-order valence-corrected chi connectivity index (χ1v) is 9.01. The van der Waals surface area contributed by atoms with Crippen molar-refractivity contribution in [2.75, 3.05) is 38.7 Å². The average Bonchev–Trinajstić information content (AvgIpc) is 3.28. The molecule has 26 heavy (non-hydrogen) atoms. The standard InChI is InChI=1S/C19H25N3O4/c1-3-26-19(24)18-17(14-12-13(25-2)6-7-15(14)20-18)21-16(23)8-11-22-9-4-5-10-22/h6-7,12,20H,3-5,8-11H2,1-2H3,(H,21,23). The van der Waals surface area contributed by atoms with E-state index >= 15 is 0 Å². The van der Waals surface area contributed by atoms with Gasteiger partial charge in [-0.15, -0.1) is 0 Å². The molecule has 3 rings (SSSR count). The quantitative estimate of drug-likeness (QED) is 0.743. The van der Waals surface area contributed by atoms with Crippen LogP contribution in [0.4, 0.5) is 5.69 Å². The van der Waals surface area contributed by atoms with Crippen molar-refractivity contribution in [2.45, 2.75) is 26.2 Å². The third-order valence-electron chi connectivity index (χ3n) is 4.60. The van der Waals surface area contributed by atoms with Gasteiger partial charge in [-0.25, -0.2) is 4.79 Å². The van der Waals surface area contributed by atoms with E-state index in [1.165, 1.54) is 12.8 Å². The number of ether oxygens (including phenoxy) is 2. The molecule has 2 N–H and O–H groups in total. The fraction of sp³-hybridized carbons (Fsp3) is 0.474. The lowest BCUT2D eigenvalue weighted by Gasteiger charge is -2.14. The van der Waals surface area contributed by atoms with Gasteiger partial charge >= 0.3 is 5.97 Å². The van der Waals surface area contributed by atoms with Gasteiger partial charge in [-0.1, -0.05) is 0 Å². The number of aromatic nitrogens is 1. The summed E-state index contributed by atoms with van der Waals surface area (Å²) >= 11 is 0. The van der Waals surface area contributed by atoms with E-state index in [1.54, 1.807) is 26.2 Å². The first kappa shape index (κ1) is 18.3. The molecule has 140 valence electrons. The number of carbonyl (C=O) groups is 2. The number of fused-ring (bicyclic) bond motifs is 1. The lowest BCUT2D eigenvalue weighted by molar-refractivity contribution is -0.116. The van der Waals surface area contributed by atoms with Crippen molar-refractivity contribution in [1.29, 1.82) is 0 Å². The van der Waals surface area contributed by atoms with Crippen LogP contribution in [0, 0.1) is 0 Å². The molecule has 0 saturated carbocycles. The van der Waals surface area contributed by atoms with Crippen LogP contribution in [0.3, 0.4) is 0 Å². The number of methoxy groups -OCH3 is 1. The number of hydrogen-bond donors (Lipinski definition) is 2. The fourth-order valence-corrected chi connectivity index (χ4v) is 3.25. The number of benzene rings is 1. The van der Waals surface area contributed by atoms with E-state index < -0.39 is 5.97 Å². The van der Waals surface area contributed by atoms with Crippen molar-refractivity contribution >= 4 is 28.5 Å². The maximum absolute atomic E-state index is 12.5. The normalized spacial score (nSPS) is 14.5. The van der Waals surface area contributed by atoms with Crippen LogP contribution in [0.5, 0.6) is 5.75 Å². The Balaban J connectivity index is 1.84.